The third-order valence-electron chi connectivity index (χ3n) is 7.55. The van der Waals surface area contributed by atoms with Gasteiger partial charge in [-0.1, -0.05) is 30.0 Å². The van der Waals surface area contributed by atoms with Gasteiger partial charge >= 0.3 is 6.18 Å². The fourth-order valence-corrected chi connectivity index (χ4v) is 6.05. The molecule has 0 bridgehead atoms. The number of alkyl halides is 5. The van der Waals surface area contributed by atoms with Crippen LogP contribution in [0, 0.1) is 11.6 Å². The van der Waals surface area contributed by atoms with Crippen LogP contribution in [0.5, 0.6) is 0 Å². The zero-order valence-electron chi connectivity index (χ0n) is 23.4. The normalized spacial score (nSPS) is 16.3. The van der Waals surface area contributed by atoms with Crippen LogP contribution in [0.25, 0.3) is 16.6 Å². The summed E-state index contributed by atoms with van der Waals surface area (Å²) in [6, 6.07) is 5.13. The van der Waals surface area contributed by atoms with Crippen molar-refractivity contribution in [2.24, 2.45) is 0 Å². The summed E-state index contributed by atoms with van der Waals surface area (Å²) in [5, 5.41) is 3.64. The summed E-state index contributed by atoms with van der Waals surface area (Å²) in [6.45, 7) is 7.04. The minimum absolute atomic E-state index is 0.0618. The van der Waals surface area contributed by atoms with Gasteiger partial charge < -0.3 is 20.4 Å². The summed E-state index contributed by atoms with van der Waals surface area (Å²) in [7, 11) is 18.2. The van der Waals surface area contributed by atoms with Crippen LogP contribution < -0.4 is 20.4 Å². The van der Waals surface area contributed by atoms with Crippen LogP contribution >= 0.6 is 11.6 Å². The maximum atomic E-state index is 14.5. The van der Waals surface area contributed by atoms with Gasteiger partial charge in [-0.05, 0) is 36.4 Å². The third kappa shape index (κ3) is 5.21. The highest BCUT2D eigenvalue weighted by molar-refractivity contribution is 6.61. The molecule has 2 aliphatic rings. The van der Waals surface area contributed by atoms with E-state index in [0.29, 0.717) is 6.07 Å². The molecule has 3 aromatic carbocycles. The molecule has 4 aromatic rings. The van der Waals surface area contributed by atoms with Gasteiger partial charge in [-0.3, -0.25) is 0 Å². The smallest absolute Gasteiger partial charge is 0.374 e. The Morgan fingerprint density at radius 2 is 1.74 bits per heavy atom. The first kappa shape index (κ1) is 31.6. The summed E-state index contributed by atoms with van der Waals surface area (Å²) in [4.78, 5) is 10.0. The van der Waals surface area contributed by atoms with Gasteiger partial charge in [0.25, 0.3) is 6.43 Å². The fraction of sp³-hybridized carbons (Fsp3) is 0.172. The summed E-state index contributed by atoms with van der Waals surface area (Å²) in [5.74, 6) is -2.24. The SMILES string of the molecule is [B]C([B])([B])N1C(=C)N(CC(F)F)c2cc(Nc3ncnc4c(C(F)(F)F)cc(F)cc34)c3c(c21)C(=C)NC3c1cc(F)ccc1Cl. The average molecular weight is 650 g/mol. The van der Waals surface area contributed by atoms with Crippen molar-refractivity contribution >= 4 is 74.6 Å². The Hall–Kier alpha value is -4.33. The molecular formula is C29H17B3ClF7N6. The first-order valence-electron chi connectivity index (χ1n) is 13.3. The molecule has 6 nitrogen and oxygen atoms in total. The van der Waals surface area contributed by atoms with E-state index in [2.05, 4.69) is 33.8 Å². The van der Waals surface area contributed by atoms with E-state index in [1.165, 1.54) is 12.1 Å². The van der Waals surface area contributed by atoms with Gasteiger partial charge in [-0.15, -0.1) is 0 Å². The second kappa shape index (κ2) is 10.9. The van der Waals surface area contributed by atoms with E-state index < -0.39 is 53.1 Å². The Morgan fingerprint density at radius 1 is 1.02 bits per heavy atom. The molecular weight excluding hydrogens is 633 g/mol. The monoisotopic (exact) mass is 650 g/mol. The maximum absolute atomic E-state index is 14.5. The molecule has 0 spiro atoms. The van der Waals surface area contributed by atoms with Gasteiger partial charge in [0.05, 0.1) is 58.6 Å². The van der Waals surface area contributed by atoms with Crippen LogP contribution in [0.15, 0.2) is 61.7 Å². The first-order valence-corrected chi connectivity index (χ1v) is 13.7. The lowest BCUT2D eigenvalue weighted by Gasteiger charge is -2.38. The molecule has 1 atom stereocenters. The minimum Gasteiger partial charge on any atom is -0.374 e. The van der Waals surface area contributed by atoms with E-state index in [9.17, 15) is 30.7 Å². The van der Waals surface area contributed by atoms with Gasteiger partial charge in [-0.2, -0.15) is 13.2 Å². The molecule has 228 valence electrons. The highest BCUT2D eigenvalue weighted by Gasteiger charge is 2.44. The average Bonchev–Trinajstić information content (AvgIpc) is 3.43. The molecule has 1 unspecified atom stereocenters. The zero-order chi connectivity index (χ0) is 33.5. The van der Waals surface area contributed by atoms with E-state index in [1.54, 1.807) is 0 Å². The van der Waals surface area contributed by atoms with Gasteiger partial charge in [0.15, 0.2) is 0 Å². The first-order chi connectivity index (χ1) is 21.5. The lowest BCUT2D eigenvalue weighted by molar-refractivity contribution is -0.136. The van der Waals surface area contributed by atoms with E-state index in [4.69, 9.17) is 35.1 Å². The van der Waals surface area contributed by atoms with Crippen LogP contribution in [0.4, 0.5) is 53.6 Å². The number of rotatable bonds is 6. The number of halogens is 8. The molecule has 1 aromatic heterocycles. The van der Waals surface area contributed by atoms with Crippen molar-refractivity contribution in [2.75, 3.05) is 21.7 Å². The van der Waals surface area contributed by atoms with E-state index in [0.717, 1.165) is 34.3 Å². The maximum Gasteiger partial charge on any atom is 0.418 e. The summed E-state index contributed by atoms with van der Waals surface area (Å²) in [6.07, 6.45) is -6.99. The Labute approximate surface area is 266 Å². The van der Waals surface area contributed by atoms with Gasteiger partial charge in [0.1, 0.15) is 29.6 Å². The second-order valence-corrected chi connectivity index (χ2v) is 11.0. The molecule has 17 heteroatoms. The largest absolute Gasteiger partial charge is 0.418 e. The van der Waals surface area contributed by atoms with Crippen LogP contribution in [-0.2, 0) is 6.18 Å². The summed E-state index contributed by atoms with van der Waals surface area (Å²) < 4.78 is 98.3. The van der Waals surface area contributed by atoms with Crippen LogP contribution in [-0.4, -0.2) is 51.7 Å². The van der Waals surface area contributed by atoms with Crippen molar-refractivity contribution in [3.63, 3.8) is 0 Å². The van der Waals surface area contributed by atoms with Crippen molar-refractivity contribution in [3.05, 3.63) is 101 Å². The molecule has 0 amide bonds. The molecule has 2 aliphatic heterocycles. The van der Waals surface area contributed by atoms with E-state index in [1.807, 2.05) is 0 Å². The molecule has 6 radical (unpaired) electrons. The highest BCUT2D eigenvalue weighted by Crippen LogP contribution is 2.56. The molecule has 0 saturated carbocycles. The van der Waals surface area contributed by atoms with Crippen LogP contribution in [0.3, 0.4) is 0 Å². The summed E-state index contributed by atoms with van der Waals surface area (Å²) in [5.41, 5.74) is -0.828. The number of aromatic nitrogens is 2. The van der Waals surface area contributed by atoms with E-state index in [-0.39, 0.29) is 61.5 Å². The molecule has 6 rings (SSSR count). The molecule has 0 aliphatic carbocycles. The Morgan fingerprint density at radius 3 is 2.39 bits per heavy atom. The lowest BCUT2D eigenvalue weighted by atomic mass is 9.48. The number of nitrogens with one attached hydrogen (secondary N) is 2. The standard InChI is InChI=1S/C29H17B3ClF7N6/c1-11-22-23(25(43-11)15-5-13(34)3-4-18(15)33)19(8-20-26(22)46(29(30,31)32)12(2)45(20)9-21(36)37)44-27-16-6-14(35)7-17(28(38,39)40)24(16)41-10-42-27/h3-8,10,21,25,43H,1-2,9H2,(H,41,42,44). The van der Waals surface area contributed by atoms with Crippen molar-refractivity contribution < 1.29 is 30.7 Å². The van der Waals surface area contributed by atoms with Crippen molar-refractivity contribution in [2.45, 2.75) is 23.9 Å². The number of hydrogen-bond acceptors (Lipinski definition) is 6. The number of nitrogens with zero attached hydrogens (tertiary/aromatic N) is 4. The number of fused-ring (bicyclic) bond motifs is 4. The Kier molecular flexibility index (Phi) is 7.49. The molecule has 0 saturated heterocycles. The van der Waals surface area contributed by atoms with Crippen molar-refractivity contribution in [1.82, 2.24) is 15.3 Å². The van der Waals surface area contributed by atoms with Gasteiger partial charge in [-0.25, -0.2) is 27.5 Å². The third-order valence-corrected chi connectivity index (χ3v) is 7.90. The van der Waals surface area contributed by atoms with Crippen molar-refractivity contribution in [1.29, 1.82) is 0 Å². The molecule has 46 heavy (non-hydrogen) atoms. The minimum atomic E-state index is -4.96. The van der Waals surface area contributed by atoms with Crippen LogP contribution in [0.2, 0.25) is 5.02 Å². The molecule has 0 fully saturated rings. The number of hydrogen-bond donors (Lipinski definition) is 2. The molecule has 3 heterocycles. The fourth-order valence-electron chi connectivity index (χ4n) is 5.83. The topological polar surface area (TPSA) is 56.3 Å². The van der Waals surface area contributed by atoms with E-state index >= 15 is 0 Å². The Balaban J connectivity index is 1.66. The highest BCUT2D eigenvalue weighted by atomic mass is 35.5. The van der Waals surface area contributed by atoms with Crippen LogP contribution in [0.1, 0.15) is 28.3 Å². The van der Waals surface area contributed by atoms with Gasteiger partial charge in [0.2, 0.25) is 0 Å². The van der Waals surface area contributed by atoms with Crippen molar-refractivity contribution in [3.8, 4) is 0 Å². The zero-order valence-corrected chi connectivity index (χ0v) is 24.1. The summed E-state index contributed by atoms with van der Waals surface area (Å²) >= 11 is 6.48. The lowest BCUT2D eigenvalue weighted by Crippen LogP contribution is -2.51. The number of benzene rings is 3. The second-order valence-electron chi connectivity index (χ2n) is 10.6. The molecule has 2 N–H and O–H groups in total. The predicted octanol–water partition coefficient (Wildman–Crippen LogP) is 6.47. The number of anilines is 4. The quantitative estimate of drug-likeness (QED) is 0.185. The predicted molar refractivity (Wildman–Crippen MR) is 165 cm³/mol. The Bertz CT molecular complexity index is 1950. The van der Waals surface area contributed by atoms with Gasteiger partial charge in [0, 0.05) is 38.5 Å².